The fraction of sp³-hybridized carbons (Fsp3) is 0.0833. The quantitative estimate of drug-likeness (QED) is 0.266. The van der Waals surface area contributed by atoms with Crippen LogP contribution in [0.5, 0.6) is 0 Å². The van der Waals surface area contributed by atoms with E-state index in [0.29, 0.717) is 13.1 Å². The summed E-state index contributed by atoms with van der Waals surface area (Å²) >= 11 is 0. The lowest BCUT2D eigenvalue weighted by Crippen LogP contribution is -2.35. The normalized spacial score (nSPS) is 11.3. The molecule has 0 saturated carbocycles. The predicted octanol–water partition coefficient (Wildman–Crippen LogP) is 3.81. The summed E-state index contributed by atoms with van der Waals surface area (Å²) in [5, 5.41) is 19.9. The smallest absolute Gasteiger partial charge is 0.308 e. The molecular formula is C24H21N5O4+2. The second-order valence-electron chi connectivity index (χ2n) is 7.35. The van der Waals surface area contributed by atoms with Gasteiger partial charge in [0.15, 0.2) is 0 Å². The molecule has 0 saturated heterocycles. The molecule has 33 heavy (non-hydrogen) atoms. The Morgan fingerprint density at radius 2 is 1.52 bits per heavy atom. The van der Waals surface area contributed by atoms with Crippen molar-refractivity contribution in [2.75, 3.05) is 0 Å². The minimum atomic E-state index is -0.414. The van der Waals surface area contributed by atoms with Crippen molar-refractivity contribution in [1.29, 1.82) is 0 Å². The van der Waals surface area contributed by atoms with Crippen molar-refractivity contribution < 1.29 is 19.6 Å². The lowest BCUT2D eigenvalue weighted by Gasteiger charge is -2.06. The number of nitro benzene ring substituents is 1. The molecule has 2 aromatic heterocycles. The molecule has 0 aliphatic heterocycles. The SMILES string of the molecule is O=[N+]([O-])c1ccc(Cn2cccc/c2=N/c2cccc[n+]2Cc2ccc([N+](=O)O)cc2)cc1. The van der Waals surface area contributed by atoms with Crippen molar-refractivity contribution in [3.05, 3.63) is 129 Å². The first-order chi connectivity index (χ1) is 16.0. The number of benzene rings is 2. The van der Waals surface area contributed by atoms with Gasteiger partial charge in [-0.1, -0.05) is 24.3 Å². The van der Waals surface area contributed by atoms with Gasteiger partial charge in [0.25, 0.3) is 10.6 Å². The van der Waals surface area contributed by atoms with E-state index in [-0.39, 0.29) is 16.3 Å². The monoisotopic (exact) mass is 443 g/mol. The van der Waals surface area contributed by atoms with E-state index >= 15 is 0 Å². The van der Waals surface area contributed by atoms with Crippen LogP contribution in [-0.2, 0) is 13.1 Å². The molecule has 2 heterocycles. The summed E-state index contributed by atoms with van der Waals surface area (Å²) < 4.78 is 3.95. The van der Waals surface area contributed by atoms with E-state index in [1.165, 1.54) is 12.1 Å². The Hall–Kier alpha value is -4.66. The summed E-state index contributed by atoms with van der Waals surface area (Å²) in [7, 11) is 0. The Morgan fingerprint density at radius 3 is 2.21 bits per heavy atom. The van der Waals surface area contributed by atoms with Gasteiger partial charge in [0, 0.05) is 42.6 Å². The molecule has 0 unspecified atom stereocenters. The van der Waals surface area contributed by atoms with Crippen molar-refractivity contribution in [2.24, 2.45) is 4.99 Å². The van der Waals surface area contributed by atoms with E-state index < -0.39 is 4.92 Å². The number of aromatic nitrogens is 2. The molecule has 9 heteroatoms. The van der Waals surface area contributed by atoms with Crippen molar-refractivity contribution >= 4 is 17.2 Å². The fourth-order valence-electron chi connectivity index (χ4n) is 3.37. The number of hydrogen-bond acceptors (Lipinski definition) is 4. The molecule has 4 rings (SSSR count). The van der Waals surface area contributed by atoms with Crippen LogP contribution in [0.1, 0.15) is 11.1 Å². The summed E-state index contributed by atoms with van der Waals surface area (Å²) in [6, 6.07) is 24.6. The first kappa shape index (κ1) is 21.6. The van der Waals surface area contributed by atoms with Gasteiger partial charge in [-0.15, -0.1) is 0 Å². The largest absolute Gasteiger partial charge is 0.325 e. The van der Waals surface area contributed by atoms with E-state index in [1.54, 1.807) is 36.4 Å². The van der Waals surface area contributed by atoms with Crippen LogP contribution >= 0.6 is 0 Å². The van der Waals surface area contributed by atoms with Gasteiger partial charge in [0.1, 0.15) is 6.54 Å². The van der Waals surface area contributed by atoms with Crippen molar-refractivity contribution in [3.8, 4) is 0 Å². The third-order valence-electron chi connectivity index (χ3n) is 5.07. The maximum atomic E-state index is 11.0. The molecule has 0 spiro atoms. The summed E-state index contributed by atoms with van der Waals surface area (Å²) in [4.78, 5) is 26.2. The van der Waals surface area contributed by atoms with Crippen LogP contribution in [0.15, 0.2) is 102 Å². The molecule has 0 amide bonds. The number of hydrogen-bond donors (Lipinski definition) is 1. The molecule has 0 aliphatic carbocycles. The minimum Gasteiger partial charge on any atom is -0.308 e. The third-order valence-corrected chi connectivity index (χ3v) is 5.07. The van der Waals surface area contributed by atoms with Gasteiger partial charge in [0.05, 0.1) is 22.6 Å². The molecule has 9 nitrogen and oxygen atoms in total. The number of pyridine rings is 2. The number of rotatable bonds is 7. The number of nitro groups is 1. The molecular weight excluding hydrogens is 422 g/mol. The van der Waals surface area contributed by atoms with Gasteiger partial charge in [-0.2, -0.15) is 0 Å². The highest BCUT2D eigenvalue weighted by Gasteiger charge is 2.13. The van der Waals surface area contributed by atoms with E-state index in [4.69, 9.17) is 10.2 Å². The van der Waals surface area contributed by atoms with Crippen LogP contribution < -0.4 is 10.1 Å². The molecule has 4 aromatic rings. The Bertz CT molecular complexity index is 1360. The minimum absolute atomic E-state index is 0.0574. The standard InChI is InChI=1S/C24H21N5O4/c30-28(31)21-11-7-19(8-12-21)17-26-15-3-1-5-23(26)25-24-6-2-4-16-27(24)18-20-9-13-22(14-10-20)29(32)33/h1-16H,17-18H2,(H,30,31)/q+2. The molecule has 1 N–H and O–H groups in total. The van der Waals surface area contributed by atoms with E-state index in [1.807, 2.05) is 57.9 Å². The van der Waals surface area contributed by atoms with Crippen LogP contribution in [0.4, 0.5) is 17.2 Å². The average Bonchev–Trinajstić information content (AvgIpc) is 2.82. The lowest BCUT2D eigenvalue weighted by atomic mass is 10.2. The second-order valence-corrected chi connectivity index (χ2v) is 7.35. The molecule has 0 atom stereocenters. The summed E-state index contributed by atoms with van der Waals surface area (Å²) in [6.45, 7) is 1.04. The van der Waals surface area contributed by atoms with Gasteiger partial charge < -0.3 is 4.57 Å². The van der Waals surface area contributed by atoms with Crippen LogP contribution in [0, 0.1) is 15.0 Å². The van der Waals surface area contributed by atoms with Crippen LogP contribution in [0.2, 0.25) is 0 Å². The molecule has 0 bridgehead atoms. The Balaban J connectivity index is 1.63. The summed E-state index contributed by atoms with van der Waals surface area (Å²) in [5.41, 5.74) is 2.82. The third kappa shape index (κ3) is 5.34. The van der Waals surface area contributed by atoms with E-state index in [9.17, 15) is 15.0 Å². The lowest BCUT2D eigenvalue weighted by molar-refractivity contribution is -0.729. The van der Waals surface area contributed by atoms with Crippen molar-refractivity contribution in [3.63, 3.8) is 0 Å². The first-order valence-corrected chi connectivity index (χ1v) is 10.2. The topological polar surface area (TPSA) is 105 Å². The average molecular weight is 443 g/mol. The Kier molecular flexibility index (Phi) is 6.31. The van der Waals surface area contributed by atoms with Gasteiger partial charge in [-0.25, -0.2) is 9.77 Å². The highest BCUT2D eigenvalue weighted by atomic mass is 16.6. The van der Waals surface area contributed by atoms with Crippen molar-refractivity contribution in [1.82, 2.24) is 4.57 Å². The van der Waals surface area contributed by atoms with Crippen LogP contribution in [-0.4, -0.2) is 19.6 Å². The molecule has 0 aliphatic rings. The maximum Gasteiger partial charge on any atom is 0.325 e. The molecule has 164 valence electrons. The number of nitrogens with zero attached hydrogens (tertiary/aromatic N) is 5. The van der Waals surface area contributed by atoms with Gasteiger partial charge >= 0.3 is 11.5 Å². The van der Waals surface area contributed by atoms with E-state index in [2.05, 4.69) is 0 Å². The van der Waals surface area contributed by atoms with Gasteiger partial charge in [0.2, 0.25) is 5.49 Å². The summed E-state index contributed by atoms with van der Waals surface area (Å²) in [6.07, 6.45) is 3.83. The predicted molar refractivity (Wildman–Crippen MR) is 119 cm³/mol. The van der Waals surface area contributed by atoms with Gasteiger partial charge in [-0.05, 0) is 40.4 Å². The van der Waals surface area contributed by atoms with Gasteiger partial charge in [-0.3, -0.25) is 10.1 Å². The zero-order valence-corrected chi connectivity index (χ0v) is 17.6. The van der Waals surface area contributed by atoms with E-state index in [0.717, 1.165) is 22.4 Å². The summed E-state index contributed by atoms with van der Waals surface area (Å²) in [5.74, 6) is 0.734. The molecule has 2 aromatic carbocycles. The highest BCUT2D eigenvalue weighted by Crippen LogP contribution is 2.14. The first-order valence-electron chi connectivity index (χ1n) is 10.2. The zero-order valence-electron chi connectivity index (χ0n) is 17.6. The Labute approximate surface area is 188 Å². The maximum absolute atomic E-state index is 11.0. The van der Waals surface area contributed by atoms with Crippen molar-refractivity contribution in [2.45, 2.75) is 13.1 Å². The number of non-ortho nitro benzene ring substituents is 1. The van der Waals surface area contributed by atoms with Crippen LogP contribution in [0.25, 0.3) is 0 Å². The highest BCUT2D eigenvalue weighted by molar-refractivity contribution is 5.33. The second kappa shape index (κ2) is 9.65. The Morgan fingerprint density at radius 1 is 0.848 bits per heavy atom. The fourth-order valence-corrected chi connectivity index (χ4v) is 3.37. The molecule has 0 radical (unpaired) electrons. The molecule has 0 fully saturated rings. The zero-order chi connectivity index (χ0) is 23.2. The van der Waals surface area contributed by atoms with Crippen LogP contribution in [0.3, 0.4) is 0 Å².